The second-order valence-corrected chi connectivity index (χ2v) is 7.01. The average molecular weight is 380 g/mol. The van der Waals surface area contributed by atoms with Crippen molar-refractivity contribution in [2.45, 2.75) is 37.6 Å². The van der Waals surface area contributed by atoms with E-state index in [-0.39, 0.29) is 18.2 Å². The summed E-state index contributed by atoms with van der Waals surface area (Å²) in [5.74, 6) is 0.689. The van der Waals surface area contributed by atoms with Crippen LogP contribution in [0.3, 0.4) is 0 Å². The van der Waals surface area contributed by atoms with Gasteiger partial charge in [-0.2, -0.15) is 0 Å². The van der Waals surface area contributed by atoms with E-state index in [1.807, 2.05) is 23.1 Å². The smallest absolute Gasteiger partial charge is 0.322 e. The number of nitrogens with zero attached hydrogens (tertiary/aromatic N) is 1. The lowest BCUT2D eigenvalue weighted by Crippen LogP contribution is -2.39. The van der Waals surface area contributed by atoms with E-state index in [4.69, 9.17) is 16.3 Å². The van der Waals surface area contributed by atoms with Crippen molar-refractivity contribution >= 4 is 29.4 Å². The summed E-state index contributed by atoms with van der Waals surface area (Å²) in [5.41, 5.74) is 1.17. The molecule has 0 aromatic heterocycles. The summed E-state index contributed by atoms with van der Waals surface area (Å²) in [7, 11) is 1.60. The summed E-state index contributed by atoms with van der Waals surface area (Å²) >= 11 is 6.08. The van der Waals surface area contributed by atoms with Crippen LogP contribution in [-0.2, 0) is 9.59 Å². The van der Waals surface area contributed by atoms with E-state index in [1.165, 1.54) is 5.56 Å². The molecular formula is C18H22ClN3O4. The highest BCUT2D eigenvalue weighted by Crippen LogP contribution is 2.33. The number of benzene rings is 1. The van der Waals surface area contributed by atoms with Crippen molar-refractivity contribution in [3.63, 3.8) is 0 Å². The second-order valence-electron chi connectivity index (χ2n) is 6.60. The molecule has 3 rings (SSSR count). The van der Waals surface area contributed by atoms with E-state index in [0.717, 1.165) is 12.8 Å². The second kappa shape index (κ2) is 7.95. The largest absolute Gasteiger partial charge is 0.495 e. The molecule has 0 saturated carbocycles. The van der Waals surface area contributed by atoms with Gasteiger partial charge in [0.1, 0.15) is 11.8 Å². The Hall–Kier alpha value is -2.28. The van der Waals surface area contributed by atoms with Crippen molar-refractivity contribution in [3.8, 4) is 5.75 Å². The Bertz CT molecular complexity index is 716. The molecule has 1 atom stereocenters. The number of piperidine rings is 1. The zero-order valence-electron chi connectivity index (χ0n) is 14.6. The number of nitrogens with one attached hydrogen (secondary N) is 2. The number of methoxy groups -OCH3 is 1. The molecule has 0 spiro atoms. The van der Waals surface area contributed by atoms with Gasteiger partial charge in [-0.3, -0.25) is 14.9 Å². The first-order chi connectivity index (χ1) is 12.5. The van der Waals surface area contributed by atoms with Crippen LogP contribution in [0.4, 0.5) is 4.79 Å². The summed E-state index contributed by atoms with van der Waals surface area (Å²) in [6, 6.07) is 4.71. The first-order valence-electron chi connectivity index (χ1n) is 8.70. The molecule has 26 heavy (non-hydrogen) atoms. The molecule has 0 bridgehead atoms. The fraction of sp³-hybridized carbons (Fsp3) is 0.500. The molecule has 2 N–H and O–H groups in total. The predicted octanol–water partition coefficient (Wildman–Crippen LogP) is 2.04. The standard InChI is InChI=1S/C18H22ClN3O4/c1-26-15-10-12(2-3-13(15)19)11-6-8-22(9-7-11)16(23)5-4-14-17(24)21-18(25)20-14/h2-3,10-11,14H,4-9H2,1H3,(H2,20,21,24,25). The van der Waals surface area contributed by atoms with Gasteiger partial charge in [0.2, 0.25) is 5.91 Å². The molecule has 8 heteroatoms. The van der Waals surface area contributed by atoms with Crippen molar-refractivity contribution in [1.29, 1.82) is 0 Å². The summed E-state index contributed by atoms with van der Waals surface area (Å²) in [4.78, 5) is 36.8. The molecule has 1 aromatic rings. The molecule has 1 aromatic carbocycles. The van der Waals surface area contributed by atoms with Crippen LogP contribution in [0.2, 0.25) is 5.02 Å². The maximum absolute atomic E-state index is 12.4. The van der Waals surface area contributed by atoms with Gasteiger partial charge in [-0.05, 0) is 42.9 Å². The normalized spacial score (nSPS) is 20.7. The van der Waals surface area contributed by atoms with Crippen LogP contribution in [0, 0.1) is 0 Å². The molecule has 7 nitrogen and oxygen atoms in total. The van der Waals surface area contributed by atoms with E-state index in [1.54, 1.807) is 7.11 Å². The minimum atomic E-state index is -0.606. The third kappa shape index (κ3) is 4.09. The Morgan fingerprint density at radius 2 is 2.04 bits per heavy atom. The van der Waals surface area contributed by atoms with Crippen LogP contribution in [0.15, 0.2) is 18.2 Å². The number of likely N-dealkylation sites (tertiary alicyclic amines) is 1. The lowest BCUT2D eigenvalue weighted by molar-refractivity contribution is -0.132. The maximum Gasteiger partial charge on any atom is 0.322 e. The summed E-state index contributed by atoms with van der Waals surface area (Å²) in [5, 5.41) is 5.28. The van der Waals surface area contributed by atoms with Gasteiger partial charge in [-0.15, -0.1) is 0 Å². The number of urea groups is 1. The van der Waals surface area contributed by atoms with E-state index in [0.29, 0.717) is 36.2 Å². The molecule has 2 aliphatic heterocycles. The molecule has 2 fully saturated rings. The van der Waals surface area contributed by atoms with Crippen LogP contribution in [0.1, 0.15) is 37.2 Å². The summed E-state index contributed by atoms with van der Waals surface area (Å²) in [6.07, 6.45) is 2.32. The van der Waals surface area contributed by atoms with E-state index in [2.05, 4.69) is 10.6 Å². The van der Waals surface area contributed by atoms with Gasteiger partial charge in [0.25, 0.3) is 5.91 Å². The van der Waals surface area contributed by atoms with E-state index < -0.39 is 12.1 Å². The first kappa shape index (κ1) is 18.5. The van der Waals surface area contributed by atoms with E-state index in [9.17, 15) is 14.4 Å². The van der Waals surface area contributed by atoms with Crippen molar-refractivity contribution in [1.82, 2.24) is 15.5 Å². The van der Waals surface area contributed by atoms with Crippen LogP contribution >= 0.6 is 11.6 Å². The van der Waals surface area contributed by atoms with Crippen LogP contribution in [0.25, 0.3) is 0 Å². The highest BCUT2D eigenvalue weighted by molar-refractivity contribution is 6.32. The molecule has 1 unspecified atom stereocenters. The van der Waals surface area contributed by atoms with Gasteiger partial charge in [0, 0.05) is 19.5 Å². The Kier molecular flexibility index (Phi) is 5.66. The number of amides is 4. The number of hydrogen-bond donors (Lipinski definition) is 2. The molecule has 0 aliphatic carbocycles. The zero-order chi connectivity index (χ0) is 18.7. The van der Waals surface area contributed by atoms with E-state index >= 15 is 0 Å². The molecule has 2 saturated heterocycles. The Labute approximate surface area is 157 Å². The third-order valence-corrected chi connectivity index (χ3v) is 5.31. The van der Waals surface area contributed by atoms with Crippen LogP contribution in [0.5, 0.6) is 5.75 Å². The number of ether oxygens (including phenoxy) is 1. The van der Waals surface area contributed by atoms with Gasteiger partial charge in [0.15, 0.2) is 0 Å². The Morgan fingerprint density at radius 1 is 1.31 bits per heavy atom. The topological polar surface area (TPSA) is 87.7 Å². The lowest BCUT2D eigenvalue weighted by Gasteiger charge is -2.32. The fourth-order valence-corrected chi connectivity index (χ4v) is 3.68. The number of carbonyl (C=O) groups excluding carboxylic acids is 3. The fourth-order valence-electron chi connectivity index (χ4n) is 3.48. The number of imide groups is 1. The Morgan fingerprint density at radius 3 is 2.65 bits per heavy atom. The number of rotatable bonds is 5. The zero-order valence-corrected chi connectivity index (χ0v) is 15.3. The molecule has 0 radical (unpaired) electrons. The van der Waals surface area contributed by atoms with Crippen molar-refractivity contribution < 1.29 is 19.1 Å². The van der Waals surface area contributed by atoms with Gasteiger partial charge < -0.3 is 15.0 Å². The van der Waals surface area contributed by atoms with Crippen LogP contribution < -0.4 is 15.4 Å². The monoisotopic (exact) mass is 379 g/mol. The number of hydrogen-bond acceptors (Lipinski definition) is 4. The van der Waals surface area contributed by atoms with Gasteiger partial charge in [-0.1, -0.05) is 17.7 Å². The predicted molar refractivity (Wildman–Crippen MR) is 96.3 cm³/mol. The third-order valence-electron chi connectivity index (χ3n) is 5.00. The highest BCUT2D eigenvalue weighted by Gasteiger charge is 2.31. The van der Waals surface area contributed by atoms with Crippen LogP contribution in [-0.4, -0.2) is 49.0 Å². The quantitative estimate of drug-likeness (QED) is 0.766. The summed E-state index contributed by atoms with van der Waals surface area (Å²) in [6.45, 7) is 1.36. The summed E-state index contributed by atoms with van der Waals surface area (Å²) < 4.78 is 5.27. The van der Waals surface area contributed by atoms with Crippen molar-refractivity contribution in [3.05, 3.63) is 28.8 Å². The SMILES string of the molecule is COc1cc(C2CCN(C(=O)CCC3NC(=O)NC3=O)CC2)ccc1Cl. The molecular weight excluding hydrogens is 358 g/mol. The van der Waals surface area contributed by atoms with Crippen molar-refractivity contribution in [2.75, 3.05) is 20.2 Å². The maximum atomic E-state index is 12.4. The number of halogens is 1. The minimum absolute atomic E-state index is 0.0195. The molecule has 2 heterocycles. The van der Waals surface area contributed by atoms with Gasteiger partial charge >= 0.3 is 6.03 Å². The highest BCUT2D eigenvalue weighted by atomic mass is 35.5. The number of carbonyl (C=O) groups is 3. The van der Waals surface area contributed by atoms with Gasteiger partial charge in [0.05, 0.1) is 12.1 Å². The Balaban J connectivity index is 1.49. The van der Waals surface area contributed by atoms with Crippen molar-refractivity contribution in [2.24, 2.45) is 0 Å². The lowest BCUT2D eigenvalue weighted by atomic mass is 9.89. The molecule has 2 aliphatic rings. The van der Waals surface area contributed by atoms with Gasteiger partial charge in [-0.25, -0.2) is 4.79 Å². The molecule has 140 valence electrons. The molecule has 4 amide bonds. The first-order valence-corrected chi connectivity index (χ1v) is 9.08. The minimum Gasteiger partial charge on any atom is -0.495 e. The average Bonchev–Trinajstić information content (AvgIpc) is 2.97.